The first-order valence-corrected chi connectivity index (χ1v) is 10.2. The molecular weight excluding hydrogens is 418 g/mol. The number of rotatable bonds is 11. The number of carbonyl (C=O) groups excluding carboxylic acids is 4. The van der Waals surface area contributed by atoms with Crippen molar-refractivity contribution in [2.75, 3.05) is 45.0 Å². The molecular formula is C22H25N3O7. The lowest BCUT2D eigenvalue weighted by Gasteiger charge is -2.29. The first kappa shape index (κ1) is 23.4. The molecule has 10 nitrogen and oxygen atoms in total. The molecule has 0 saturated carbocycles. The van der Waals surface area contributed by atoms with E-state index in [2.05, 4.69) is 16.6 Å². The smallest absolute Gasteiger partial charge is 0.255 e. The number of carbonyl (C=O) groups is 4. The summed E-state index contributed by atoms with van der Waals surface area (Å²) in [5.41, 5.74) is 1.54. The largest absolute Gasteiger partial charge is 0.377 e. The number of benzene rings is 1. The number of hydrogen-bond acceptors (Lipinski definition) is 7. The fourth-order valence-electron chi connectivity index (χ4n) is 3.52. The van der Waals surface area contributed by atoms with Crippen LogP contribution in [0, 0.1) is 12.3 Å². The van der Waals surface area contributed by atoms with Gasteiger partial charge in [0.15, 0.2) is 0 Å². The van der Waals surface area contributed by atoms with E-state index >= 15 is 0 Å². The summed E-state index contributed by atoms with van der Waals surface area (Å²) in [4.78, 5) is 50.1. The second kappa shape index (κ2) is 11.4. The molecule has 1 unspecified atom stereocenters. The zero-order valence-electron chi connectivity index (χ0n) is 17.6. The van der Waals surface area contributed by atoms with Crippen LogP contribution in [0.25, 0.3) is 0 Å². The molecule has 4 amide bonds. The van der Waals surface area contributed by atoms with Gasteiger partial charge >= 0.3 is 0 Å². The van der Waals surface area contributed by atoms with E-state index in [0.717, 1.165) is 0 Å². The zero-order valence-corrected chi connectivity index (χ0v) is 17.6. The average Bonchev–Trinajstić information content (AvgIpc) is 3.10. The summed E-state index contributed by atoms with van der Waals surface area (Å²) in [6.07, 6.45) is 5.52. The third kappa shape index (κ3) is 5.91. The van der Waals surface area contributed by atoms with Gasteiger partial charge in [-0.1, -0.05) is 12.0 Å². The third-order valence-corrected chi connectivity index (χ3v) is 5.02. The average molecular weight is 443 g/mol. The summed E-state index contributed by atoms with van der Waals surface area (Å²) in [5, 5.41) is 5.02. The maximum Gasteiger partial charge on any atom is 0.255 e. The Hall–Kier alpha value is -3.26. The van der Waals surface area contributed by atoms with Gasteiger partial charge in [0, 0.05) is 29.8 Å². The van der Waals surface area contributed by atoms with Gasteiger partial charge < -0.3 is 24.4 Å². The van der Waals surface area contributed by atoms with E-state index in [9.17, 15) is 19.2 Å². The van der Waals surface area contributed by atoms with Gasteiger partial charge in [0.25, 0.3) is 5.91 Å². The van der Waals surface area contributed by atoms with Crippen molar-refractivity contribution >= 4 is 29.3 Å². The van der Waals surface area contributed by atoms with Crippen molar-refractivity contribution in [3.05, 3.63) is 29.3 Å². The van der Waals surface area contributed by atoms with Gasteiger partial charge in [0.1, 0.15) is 19.3 Å². The third-order valence-electron chi connectivity index (χ3n) is 5.02. The standard InChI is InChI=1S/C22H25N3O7/c1-2-8-30-9-10-31-11-12-32-14-20(27)23-17-5-3-4-15-16(17)13-25(22(15)29)18-6-7-19(26)24-21(18)28/h1,3-5,18H,6-14H2,(H,23,27)(H,24,26,28). The maximum absolute atomic E-state index is 12.8. The van der Waals surface area contributed by atoms with Gasteiger partial charge in [-0.15, -0.1) is 6.42 Å². The summed E-state index contributed by atoms with van der Waals surface area (Å²) < 4.78 is 15.7. The van der Waals surface area contributed by atoms with Gasteiger partial charge in [0.05, 0.1) is 26.4 Å². The Morgan fingerprint density at radius 1 is 1.16 bits per heavy atom. The number of anilines is 1. The van der Waals surface area contributed by atoms with Crippen LogP contribution in [0.4, 0.5) is 5.69 Å². The van der Waals surface area contributed by atoms with E-state index in [1.807, 2.05) is 0 Å². The highest BCUT2D eigenvalue weighted by Gasteiger charge is 2.39. The number of nitrogens with zero attached hydrogens (tertiary/aromatic N) is 1. The van der Waals surface area contributed by atoms with E-state index in [4.69, 9.17) is 20.6 Å². The molecule has 2 aliphatic rings. The van der Waals surface area contributed by atoms with E-state index in [1.54, 1.807) is 18.2 Å². The molecule has 1 atom stereocenters. The highest BCUT2D eigenvalue weighted by Crippen LogP contribution is 2.32. The molecule has 3 rings (SSSR count). The van der Waals surface area contributed by atoms with Crippen LogP contribution in [-0.2, 0) is 35.1 Å². The fraction of sp³-hybridized carbons (Fsp3) is 0.455. The second-order valence-corrected chi connectivity index (χ2v) is 7.20. The first-order valence-electron chi connectivity index (χ1n) is 10.2. The molecule has 2 N–H and O–H groups in total. The van der Waals surface area contributed by atoms with Gasteiger partial charge in [-0.2, -0.15) is 0 Å². The Balaban J connectivity index is 1.47. The Labute approximate surface area is 185 Å². The van der Waals surface area contributed by atoms with Gasteiger partial charge in [-0.3, -0.25) is 24.5 Å². The zero-order chi connectivity index (χ0) is 22.9. The van der Waals surface area contributed by atoms with Gasteiger partial charge in [0.2, 0.25) is 17.7 Å². The molecule has 1 aromatic carbocycles. The van der Waals surface area contributed by atoms with Crippen LogP contribution in [0.5, 0.6) is 0 Å². The molecule has 2 heterocycles. The molecule has 1 aromatic rings. The van der Waals surface area contributed by atoms with E-state index < -0.39 is 11.9 Å². The van der Waals surface area contributed by atoms with Crippen molar-refractivity contribution < 1.29 is 33.4 Å². The number of piperidine rings is 1. The van der Waals surface area contributed by atoms with Crippen LogP contribution < -0.4 is 10.6 Å². The predicted octanol–water partition coefficient (Wildman–Crippen LogP) is 0.0691. The minimum atomic E-state index is -0.712. The molecule has 1 fully saturated rings. The quantitative estimate of drug-likeness (QED) is 0.282. The summed E-state index contributed by atoms with van der Waals surface area (Å²) in [5.74, 6) is 0.858. The Kier molecular flexibility index (Phi) is 8.33. The molecule has 2 aliphatic heterocycles. The predicted molar refractivity (Wildman–Crippen MR) is 112 cm³/mol. The van der Waals surface area contributed by atoms with E-state index in [-0.39, 0.29) is 56.9 Å². The monoisotopic (exact) mass is 443 g/mol. The highest BCUT2D eigenvalue weighted by atomic mass is 16.5. The van der Waals surface area contributed by atoms with E-state index in [1.165, 1.54) is 4.90 Å². The van der Waals surface area contributed by atoms with Crippen LogP contribution >= 0.6 is 0 Å². The minimum absolute atomic E-state index is 0.174. The topological polar surface area (TPSA) is 123 Å². The number of nitrogens with one attached hydrogen (secondary N) is 2. The molecule has 0 aromatic heterocycles. The Morgan fingerprint density at radius 2 is 1.91 bits per heavy atom. The van der Waals surface area contributed by atoms with Crippen molar-refractivity contribution in [3.63, 3.8) is 0 Å². The lowest BCUT2D eigenvalue weighted by molar-refractivity contribution is -0.137. The first-order chi connectivity index (χ1) is 15.5. The summed E-state index contributed by atoms with van der Waals surface area (Å²) >= 11 is 0. The summed E-state index contributed by atoms with van der Waals surface area (Å²) in [6.45, 7) is 1.54. The molecule has 0 radical (unpaired) electrons. The van der Waals surface area contributed by atoms with E-state index in [0.29, 0.717) is 36.6 Å². The molecule has 1 saturated heterocycles. The van der Waals surface area contributed by atoms with Crippen molar-refractivity contribution in [1.29, 1.82) is 0 Å². The van der Waals surface area contributed by atoms with Crippen LogP contribution in [0.2, 0.25) is 0 Å². The minimum Gasteiger partial charge on any atom is -0.377 e. The Morgan fingerprint density at radius 3 is 2.66 bits per heavy atom. The number of terminal acetylenes is 1. The summed E-state index contributed by atoms with van der Waals surface area (Å²) in [6, 6.07) is 4.30. The number of imide groups is 1. The highest BCUT2D eigenvalue weighted by molar-refractivity contribution is 6.06. The van der Waals surface area contributed by atoms with Crippen molar-refractivity contribution in [1.82, 2.24) is 10.2 Å². The van der Waals surface area contributed by atoms with Crippen LogP contribution in [0.15, 0.2) is 18.2 Å². The van der Waals surface area contributed by atoms with Crippen LogP contribution in [0.3, 0.4) is 0 Å². The number of hydrogen-bond donors (Lipinski definition) is 2. The SMILES string of the molecule is C#CCOCCOCCOCC(=O)Nc1cccc2c1CN(C1CCC(=O)NC1=O)C2=O. The summed E-state index contributed by atoms with van der Waals surface area (Å²) in [7, 11) is 0. The normalized spacial score (nSPS) is 17.7. The van der Waals surface area contributed by atoms with Gasteiger partial charge in [-0.05, 0) is 18.6 Å². The molecule has 32 heavy (non-hydrogen) atoms. The van der Waals surface area contributed by atoms with Crippen LogP contribution in [-0.4, -0.2) is 74.2 Å². The fourth-order valence-corrected chi connectivity index (χ4v) is 3.52. The van der Waals surface area contributed by atoms with Gasteiger partial charge in [-0.25, -0.2) is 0 Å². The second-order valence-electron chi connectivity index (χ2n) is 7.20. The van der Waals surface area contributed by atoms with Crippen molar-refractivity contribution in [2.45, 2.75) is 25.4 Å². The molecule has 0 spiro atoms. The lowest BCUT2D eigenvalue weighted by atomic mass is 10.0. The molecule has 0 aliphatic carbocycles. The molecule has 10 heteroatoms. The molecule has 0 bridgehead atoms. The molecule has 170 valence electrons. The van der Waals surface area contributed by atoms with Crippen LogP contribution in [0.1, 0.15) is 28.8 Å². The Bertz CT molecular complexity index is 925. The number of fused-ring (bicyclic) bond motifs is 1. The maximum atomic E-state index is 12.8. The van der Waals surface area contributed by atoms with Crippen molar-refractivity contribution in [3.8, 4) is 12.3 Å². The number of ether oxygens (including phenoxy) is 3. The number of amides is 4. The lowest BCUT2D eigenvalue weighted by Crippen LogP contribution is -2.52. The van der Waals surface area contributed by atoms with Crippen molar-refractivity contribution in [2.24, 2.45) is 0 Å².